The van der Waals surface area contributed by atoms with Crippen LogP contribution in [0.15, 0.2) is 54.7 Å². The summed E-state index contributed by atoms with van der Waals surface area (Å²) in [5, 5.41) is 3.99. The summed E-state index contributed by atoms with van der Waals surface area (Å²) in [6.45, 7) is 2.05. The molecular weight excluding hydrogens is 399 g/mol. The van der Waals surface area contributed by atoms with E-state index in [1.165, 1.54) is 11.6 Å². The van der Waals surface area contributed by atoms with E-state index in [2.05, 4.69) is 22.3 Å². The van der Waals surface area contributed by atoms with E-state index in [-0.39, 0.29) is 17.6 Å². The Kier molecular flexibility index (Phi) is 5.43. The predicted molar refractivity (Wildman–Crippen MR) is 126 cm³/mol. The first-order valence-corrected chi connectivity index (χ1v) is 11.4. The van der Waals surface area contributed by atoms with E-state index in [9.17, 15) is 9.18 Å². The van der Waals surface area contributed by atoms with Crippen LogP contribution in [0.2, 0.25) is 0 Å². The van der Waals surface area contributed by atoms with Crippen molar-refractivity contribution in [3.63, 3.8) is 0 Å². The maximum absolute atomic E-state index is 13.9. The zero-order chi connectivity index (χ0) is 22.2. The van der Waals surface area contributed by atoms with Crippen LogP contribution in [0, 0.1) is 41.8 Å². The van der Waals surface area contributed by atoms with Crippen LogP contribution in [0.5, 0.6) is 0 Å². The Balaban J connectivity index is 1.23. The monoisotopic (exact) mass is 426 g/mol. The molecule has 4 heteroatoms. The van der Waals surface area contributed by atoms with Crippen LogP contribution in [0.1, 0.15) is 49.7 Å². The fourth-order valence-electron chi connectivity index (χ4n) is 5.94. The van der Waals surface area contributed by atoms with Gasteiger partial charge < -0.3 is 5.32 Å². The Bertz CT molecular complexity index is 1180. The number of nitrogens with zero attached hydrogens (tertiary/aromatic N) is 1. The number of rotatable bonds is 4. The quantitative estimate of drug-likeness (QED) is 0.509. The summed E-state index contributed by atoms with van der Waals surface area (Å²) in [6, 6.07) is 14.3. The van der Waals surface area contributed by atoms with Gasteiger partial charge in [-0.15, -0.1) is 6.42 Å². The molecule has 0 spiro atoms. The smallest absolute Gasteiger partial charge is 0.227 e. The zero-order valence-electron chi connectivity index (χ0n) is 18.2. The number of hydrogen-bond donors (Lipinski definition) is 1. The molecule has 162 valence electrons. The summed E-state index contributed by atoms with van der Waals surface area (Å²) in [7, 11) is 0. The molecule has 2 aliphatic carbocycles. The highest BCUT2D eigenvalue weighted by atomic mass is 19.1. The van der Waals surface area contributed by atoms with Crippen molar-refractivity contribution in [1.82, 2.24) is 4.98 Å². The SMILES string of the molecule is C#Cc1ccc(NC(=O)C(C)[C@H]2C[C@H]3C[C@@H](c4ccnc5ccc(F)cc45)C[C@H]3C2)cc1. The van der Waals surface area contributed by atoms with Crippen molar-refractivity contribution < 1.29 is 9.18 Å². The third-order valence-corrected chi connectivity index (χ3v) is 7.67. The van der Waals surface area contributed by atoms with E-state index in [4.69, 9.17) is 6.42 Å². The second-order valence-electron chi connectivity index (χ2n) is 9.48. The van der Waals surface area contributed by atoms with Crippen LogP contribution in [-0.2, 0) is 4.79 Å². The first-order chi connectivity index (χ1) is 15.5. The molecule has 3 aromatic rings. The number of aromatic nitrogens is 1. The highest BCUT2D eigenvalue weighted by Gasteiger charge is 2.44. The van der Waals surface area contributed by atoms with Crippen molar-refractivity contribution in [2.45, 2.75) is 38.5 Å². The number of pyridine rings is 1. The van der Waals surface area contributed by atoms with E-state index < -0.39 is 0 Å². The Morgan fingerprint density at radius 2 is 1.81 bits per heavy atom. The van der Waals surface area contributed by atoms with Crippen LogP contribution >= 0.6 is 0 Å². The molecule has 2 fully saturated rings. The topological polar surface area (TPSA) is 42.0 Å². The third kappa shape index (κ3) is 3.88. The summed E-state index contributed by atoms with van der Waals surface area (Å²) in [5.41, 5.74) is 3.68. The van der Waals surface area contributed by atoms with Gasteiger partial charge in [0.05, 0.1) is 5.52 Å². The lowest BCUT2D eigenvalue weighted by molar-refractivity contribution is -0.120. The zero-order valence-corrected chi connectivity index (χ0v) is 18.2. The Hall–Kier alpha value is -3.19. The van der Waals surface area contributed by atoms with Gasteiger partial charge >= 0.3 is 0 Å². The molecule has 1 unspecified atom stereocenters. The molecule has 5 atom stereocenters. The summed E-state index contributed by atoms with van der Waals surface area (Å²) < 4.78 is 13.9. The van der Waals surface area contributed by atoms with Crippen LogP contribution in [0.3, 0.4) is 0 Å². The molecule has 0 aliphatic heterocycles. The molecular formula is C28H27FN2O. The molecule has 0 saturated heterocycles. The molecule has 2 saturated carbocycles. The van der Waals surface area contributed by atoms with Crippen molar-refractivity contribution in [2.75, 3.05) is 5.32 Å². The normalized spacial score (nSPS) is 25.3. The number of benzene rings is 2. The van der Waals surface area contributed by atoms with Gasteiger partial charge in [0.1, 0.15) is 5.82 Å². The van der Waals surface area contributed by atoms with Crippen molar-refractivity contribution in [3.05, 3.63) is 71.7 Å². The molecule has 1 aromatic heterocycles. The van der Waals surface area contributed by atoms with Crippen LogP contribution in [0.25, 0.3) is 10.9 Å². The lowest BCUT2D eigenvalue weighted by Crippen LogP contribution is -2.26. The Morgan fingerprint density at radius 1 is 1.09 bits per heavy atom. The molecule has 1 amide bonds. The number of halogens is 1. The first kappa shape index (κ1) is 20.7. The number of fused-ring (bicyclic) bond motifs is 2. The molecule has 1 heterocycles. The number of nitrogens with one attached hydrogen (secondary N) is 1. The predicted octanol–water partition coefficient (Wildman–Crippen LogP) is 6.15. The highest BCUT2D eigenvalue weighted by molar-refractivity contribution is 5.92. The number of anilines is 1. The summed E-state index contributed by atoms with van der Waals surface area (Å²) in [4.78, 5) is 17.2. The van der Waals surface area contributed by atoms with Gasteiger partial charge in [-0.2, -0.15) is 0 Å². The van der Waals surface area contributed by atoms with Crippen LogP contribution in [0.4, 0.5) is 10.1 Å². The number of carbonyl (C=O) groups is 1. The third-order valence-electron chi connectivity index (χ3n) is 7.67. The van der Waals surface area contributed by atoms with Gasteiger partial charge in [-0.05, 0) is 103 Å². The van der Waals surface area contributed by atoms with Crippen LogP contribution < -0.4 is 5.32 Å². The lowest BCUT2D eigenvalue weighted by atomic mass is 9.86. The van der Waals surface area contributed by atoms with E-state index >= 15 is 0 Å². The van der Waals surface area contributed by atoms with Gasteiger partial charge in [0.15, 0.2) is 0 Å². The molecule has 32 heavy (non-hydrogen) atoms. The summed E-state index contributed by atoms with van der Waals surface area (Å²) in [5.74, 6) is 4.54. The summed E-state index contributed by atoms with van der Waals surface area (Å²) >= 11 is 0. The minimum atomic E-state index is -0.209. The number of amides is 1. The molecule has 5 rings (SSSR count). The van der Waals surface area contributed by atoms with Gasteiger partial charge in [0.2, 0.25) is 5.91 Å². The molecule has 0 radical (unpaired) electrons. The standard InChI is InChI=1S/C28H27FN2O/c1-3-18-4-7-24(8-5-18)31-28(32)17(2)19-12-20-14-22(15-21(20)13-19)25-10-11-30-27-9-6-23(29)16-26(25)27/h1,4-11,16-17,19-22H,12-15H2,2H3,(H,31,32)/t17?,19-,20-,21+,22+. The molecule has 2 aliphatic rings. The number of hydrogen-bond acceptors (Lipinski definition) is 2. The van der Waals surface area contributed by atoms with E-state index in [0.717, 1.165) is 47.8 Å². The minimum Gasteiger partial charge on any atom is -0.326 e. The molecule has 0 bridgehead atoms. The molecule has 3 nitrogen and oxygen atoms in total. The minimum absolute atomic E-state index is 0.0257. The first-order valence-electron chi connectivity index (χ1n) is 11.4. The number of terminal acetylenes is 1. The lowest BCUT2D eigenvalue weighted by Gasteiger charge is -2.21. The van der Waals surface area contributed by atoms with Crippen molar-refractivity contribution in [2.24, 2.45) is 23.7 Å². The van der Waals surface area contributed by atoms with Crippen molar-refractivity contribution in [1.29, 1.82) is 0 Å². The van der Waals surface area contributed by atoms with Gasteiger partial charge in [0, 0.05) is 28.8 Å². The molecule has 2 aromatic carbocycles. The van der Waals surface area contributed by atoms with E-state index in [0.29, 0.717) is 23.7 Å². The second kappa shape index (κ2) is 8.39. The number of carbonyl (C=O) groups excluding carboxylic acids is 1. The van der Waals surface area contributed by atoms with Gasteiger partial charge in [0.25, 0.3) is 0 Å². The maximum Gasteiger partial charge on any atom is 0.227 e. The van der Waals surface area contributed by atoms with Gasteiger partial charge in [-0.25, -0.2) is 4.39 Å². The Labute approximate surface area is 188 Å². The van der Waals surface area contributed by atoms with E-state index in [1.807, 2.05) is 37.4 Å². The van der Waals surface area contributed by atoms with Crippen molar-refractivity contribution >= 4 is 22.5 Å². The molecule has 1 N–H and O–H groups in total. The van der Waals surface area contributed by atoms with E-state index in [1.54, 1.807) is 12.1 Å². The summed E-state index contributed by atoms with van der Waals surface area (Å²) in [6.07, 6.45) is 11.6. The fourth-order valence-corrected chi connectivity index (χ4v) is 5.94. The average Bonchev–Trinajstić information content (AvgIpc) is 3.38. The van der Waals surface area contributed by atoms with Gasteiger partial charge in [-0.3, -0.25) is 9.78 Å². The second-order valence-corrected chi connectivity index (χ2v) is 9.48. The Morgan fingerprint density at radius 3 is 2.50 bits per heavy atom. The largest absolute Gasteiger partial charge is 0.326 e. The highest BCUT2D eigenvalue weighted by Crippen LogP contribution is 2.54. The van der Waals surface area contributed by atoms with Crippen molar-refractivity contribution in [3.8, 4) is 12.3 Å². The van der Waals surface area contributed by atoms with Crippen LogP contribution in [-0.4, -0.2) is 10.9 Å². The maximum atomic E-state index is 13.9. The average molecular weight is 427 g/mol. The fraction of sp³-hybridized carbons (Fsp3) is 0.357. The van der Waals surface area contributed by atoms with Gasteiger partial charge in [-0.1, -0.05) is 12.8 Å².